The predicted molar refractivity (Wildman–Crippen MR) is 74.6 cm³/mol. The van der Waals surface area contributed by atoms with Gasteiger partial charge < -0.3 is 10.1 Å². The zero-order valence-corrected chi connectivity index (χ0v) is 11.3. The number of halogens is 2. The quantitative estimate of drug-likeness (QED) is 0.920. The molecule has 0 aliphatic carbocycles. The van der Waals surface area contributed by atoms with Crippen molar-refractivity contribution in [3.05, 3.63) is 52.3 Å². The standard InChI is InChI=1S/C13H12Cl2N2O/c1-18-13-6-10(2-3-11(13)14)17-7-9-4-5-16-8-12(9)15/h2-6,8,17H,7H2,1H3. The van der Waals surface area contributed by atoms with Crippen LogP contribution in [0.1, 0.15) is 5.56 Å². The van der Waals surface area contributed by atoms with Gasteiger partial charge in [-0.15, -0.1) is 0 Å². The highest BCUT2D eigenvalue weighted by Crippen LogP contribution is 2.27. The van der Waals surface area contributed by atoms with Crippen LogP contribution < -0.4 is 10.1 Å². The fraction of sp³-hybridized carbons (Fsp3) is 0.154. The molecule has 94 valence electrons. The van der Waals surface area contributed by atoms with Crippen LogP contribution in [0.2, 0.25) is 10.0 Å². The third-order valence-electron chi connectivity index (χ3n) is 2.49. The Bertz CT molecular complexity index is 546. The van der Waals surface area contributed by atoms with E-state index in [0.29, 0.717) is 22.3 Å². The molecule has 1 heterocycles. The number of nitrogens with zero attached hydrogens (tertiary/aromatic N) is 1. The van der Waals surface area contributed by atoms with Gasteiger partial charge in [-0.1, -0.05) is 23.2 Å². The summed E-state index contributed by atoms with van der Waals surface area (Å²) in [4.78, 5) is 3.94. The first kappa shape index (κ1) is 13.0. The van der Waals surface area contributed by atoms with Gasteiger partial charge in [0, 0.05) is 30.7 Å². The maximum atomic E-state index is 6.03. The topological polar surface area (TPSA) is 34.1 Å². The molecule has 2 rings (SSSR count). The second-order valence-electron chi connectivity index (χ2n) is 3.67. The van der Waals surface area contributed by atoms with E-state index < -0.39 is 0 Å². The molecule has 1 N–H and O–H groups in total. The maximum absolute atomic E-state index is 6.03. The van der Waals surface area contributed by atoms with Crippen molar-refractivity contribution in [1.82, 2.24) is 4.98 Å². The molecule has 0 spiro atoms. The van der Waals surface area contributed by atoms with Crippen LogP contribution in [0.3, 0.4) is 0 Å². The van der Waals surface area contributed by atoms with E-state index in [2.05, 4.69) is 10.3 Å². The zero-order valence-electron chi connectivity index (χ0n) is 9.78. The van der Waals surface area contributed by atoms with Crippen LogP contribution in [0.25, 0.3) is 0 Å². The SMILES string of the molecule is COc1cc(NCc2ccncc2Cl)ccc1Cl. The molecule has 2 aromatic rings. The number of methoxy groups -OCH3 is 1. The van der Waals surface area contributed by atoms with Crippen molar-refractivity contribution in [1.29, 1.82) is 0 Å². The Balaban J connectivity index is 2.09. The summed E-state index contributed by atoms with van der Waals surface area (Å²) in [5.41, 5.74) is 1.91. The van der Waals surface area contributed by atoms with Crippen LogP contribution in [-0.2, 0) is 6.54 Å². The number of pyridine rings is 1. The van der Waals surface area contributed by atoms with Crippen LogP contribution >= 0.6 is 23.2 Å². The Morgan fingerprint density at radius 2 is 2.06 bits per heavy atom. The van der Waals surface area contributed by atoms with E-state index in [9.17, 15) is 0 Å². The molecule has 0 saturated heterocycles. The smallest absolute Gasteiger partial charge is 0.139 e. The van der Waals surface area contributed by atoms with E-state index in [1.165, 1.54) is 0 Å². The Kier molecular flexibility index (Phi) is 4.28. The molecule has 1 aromatic heterocycles. The molecule has 0 bridgehead atoms. The number of anilines is 1. The minimum absolute atomic E-state index is 0.588. The van der Waals surface area contributed by atoms with Crippen LogP contribution in [0.5, 0.6) is 5.75 Å². The first-order chi connectivity index (χ1) is 8.70. The molecule has 0 aliphatic heterocycles. The lowest BCUT2D eigenvalue weighted by molar-refractivity contribution is 0.415. The molecule has 0 aliphatic rings. The van der Waals surface area contributed by atoms with Crippen molar-refractivity contribution in [2.75, 3.05) is 12.4 Å². The van der Waals surface area contributed by atoms with E-state index in [1.807, 2.05) is 18.2 Å². The van der Waals surface area contributed by atoms with Crippen molar-refractivity contribution in [2.45, 2.75) is 6.54 Å². The summed E-state index contributed by atoms with van der Waals surface area (Å²) in [5.74, 6) is 0.641. The van der Waals surface area contributed by atoms with Gasteiger partial charge in [0.1, 0.15) is 5.75 Å². The molecule has 0 fully saturated rings. The number of nitrogens with one attached hydrogen (secondary N) is 1. The number of hydrogen-bond acceptors (Lipinski definition) is 3. The molecule has 1 aromatic carbocycles. The molecule has 0 saturated carbocycles. The second kappa shape index (κ2) is 5.94. The predicted octanol–water partition coefficient (Wildman–Crippen LogP) is 4.01. The highest BCUT2D eigenvalue weighted by atomic mass is 35.5. The number of hydrogen-bond donors (Lipinski definition) is 1. The largest absolute Gasteiger partial charge is 0.495 e. The molecule has 3 nitrogen and oxygen atoms in total. The normalized spacial score (nSPS) is 10.2. The lowest BCUT2D eigenvalue weighted by Gasteiger charge is -2.10. The highest BCUT2D eigenvalue weighted by molar-refractivity contribution is 6.32. The van der Waals surface area contributed by atoms with E-state index in [1.54, 1.807) is 25.6 Å². The molecule has 0 radical (unpaired) electrons. The van der Waals surface area contributed by atoms with Gasteiger partial charge in [-0.25, -0.2) is 0 Å². The van der Waals surface area contributed by atoms with Gasteiger partial charge in [0.2, 0.25) is 0 Å². The van der Waals surface area contributed by atoms with Gasteiger partial charge >= 0.3 is 0 Å². The van der Waals surface area contributed by atoms with Crippen molar-refractivity contribution in [3.8, 4) is 5.75 Å². The molecule has 18 heavy (non-hydrogen) atoms. The van der Waals surface area contributed by atoms with Crippen molar-refractivity contribution >= 4 is 28.9 Å². The number of aromatic nitrogens is 1. The van der Waals surface area contributed by atoms with Crippen LogP contribution in [0.4, 0.5) is 5.69 Å². The summed E-state index contributed by atoms with van der Waals surface area (Å²) in [5, 5.41) is 4.49. The Morgan fingerprint density at radius 3 is 2.78 bits per heavy atom. The highest BCUT2D eigenvalue weighted by Gasteiger charge is 2.03. The Hall–Kier alpha value is -1.45. The van der Waals surface area contributed by atoms with Crippen LogP contribution in [0, 0.1) is 0 Å². The van der Waals surface area contributed by atoms with Gasteiger partial charge in [0.15, 0.2) is 0 Å². The van der Waals surface area contributed by atoms with Crippen molar-refractivity contribution in [3.63, 3.8) is 0 Å². The average molecular weight is 283 g/mol. The summed E-state index contributed by atoms with van der Waals surface area (Å²) < 4.78 is 5.15. The minimum atomic E-state index is 0.588. The summed E-state index contributed by atoms with van der Waals surface area (Å²) in [7, 11) is 1.59. The maximum Gasteiger partial charge on any atom is 0.139 e. The average Bonchev–Trinajstić information content (AvgIpc) is 2.39. The molecule has 5 heteroatoms. The fourth-order valence-electron chi connectivity index (χ4n) is 1.51. The van der Waals surface area contributed by atoms with Gasteiger partial charge in [0.05, 0.1) is 17.2 Å². The summed E-state index contributed by atoms with van der Waals surface area (Å²) >= 11 is 12.0. The molecule has 0 unspecified atom stereocenters. The first-order valence-corrected chi connectivity index (χ1v) is 6.12. The number of rotatable bonds is 4. The first-order valence-electron chi connectivity index (χ1n) is 5.36. The van der Waals surface area contributed by atoms with Gasteiger partial charge in [0.25, 0.3) is 0 Å². The third-order valence-corrected chi connectivity index (χ3v) is 3.14. The van der Waals surface area contributed by atoms with Gasteiger partial charge in [-0.05, 0) is 23.8 Å². The Labute approximate surface area is 116 Å². The lowest BCUT2D eigenvalue weighted by atomic mass is 10.2. The fourth-order valence-corrected chi connectivity index (χ4v) is 1.90. The van der Waals surface area contributed by atoms with E-state index in [-0.39, 0.29) is 0 Å². The molecular formula is C13H12Cl2N2O. The van der Waals surface area contributed by atoms with Crippen molar-refractivity contribution < 1.29 is 4.74 Å². The molecular weight excluding hydrogens is 271 g/mol. The van der Waals surface area contributed by atoms with E-state index in [0.717, 1.165) is 11.3 Å². The lowest BCUT2D eigenvalue weighted by Crippen LogP contribution is -2.00. The summed E-state index contributed by atoms with van der Waals surface area (Å²) in [6, 6.07) is 7.40. The molecule has 0 amide bonds. The van der Waals surface area contributed by atoms with E-state index in [4.69, 9.17) is 27.9 Å². The summed E-state index contributed by atoms with van der Waals surface area (Å²) in [6.07, 6.45) is 3.34. The minimum Gasteiger partial charge on any atom is -0.495 e. The number of benzene rings is 1. The Morgan fingerprint density at radius 1 is 1.22 bits per heavy atom. The second-order valence-corrected chi connectivity index (χ2v) is 4.48. The monoisotopic (exact) mass is 282 g/mol. The van der Waals surface area contributed by atoms with E-state index >= 15 is 0 Å². The van der Waals surface area contributed by atoms with Crippen molar-refractivity contribution in [2.24, 2.45) is 0 Å². The van der Waals surface area contributed by atoms with Gasteiger partial charge in [-0.3, -0.25) is 4.98 Å². The van der Waals surface area contributed by atoms with Gasteiger partial charge in [-0.2, -0.15) is 0 Å². The van der Waals surface area contributed by atoms with Crippen LogP contribution in [-0.4, -0.2) is 12.1 Å². The number of ether oxygens (including phenoxy) is 1. The van der Waals surface area contributed by atoms with Crippen LogP contribution in [0.15, 0.2) is 36.7 Å². The summed E-state index contributed by atoms with van der Waals surface area (Å²) in [6.45, 7) is 0.617. The third kappa shape index (κ3) is 3.06. The zero-order chi connectivity index (χ0) is 13.0. The molecule has 0 atom stereocenters.